The fraction of sp³-hybridized carbons (Fsp3) is 0.889. The highest BCUT2D eigenvalue weighted by molar-refractivity contribution is 5.79. The second kappa shape index (κ2) is 32.7. The zero-order valence-electron chi connectivity index (χ0n) is 29.6. The number of unbranched alkanes of at least 4 members (excludes halogenated alkanes) is 20. The van der Waals surface area contributed by atoms with Gasteiger partial charge in [-0.05, 0) is 12.8 Å². The molecule has 0 saturated heterocycles. The Morgan fingerprint density at radius 1 is 0.413 bits per heavy atom. The quantitative estimate of drug-likeness (QED) is 0.0560. The zero-order valence-corrected chi connectivity index (χ0v) is 29.6. The summed E-state index contributed by atoms with van der Waals surface area (Å²) in [6, 6.07) is 0. The smallest absolute Gasteiger partial charge is 0.317 e. The van der Waals surface area contributed by atoms with E-state index in [1.54, 1.807) is 0 Å². The van der Waals surface area contributed by atoms with Crippen LogP contribution in [0.2, 0.25) is 0 Å². The van der Waals surface area contributed by atoms with Gasteiger partial charge in [0.05, 0.1) is 26.2 Å². The van der Waals surface area contributed by atoms with Crippen molar-refractivity contribution in [1.82, 2.24) is 20.4 Å². The summed E-state index contributed by atoms with van der Waals surface area (Å²) < 4.78 is 0. The Hall–Kier alpha value is -2.20. The van der Waals surface area contributed by atoms with Crippen molar-refractivity contribution in [2.45, 2.75) is 155 Å². The summed E-state index contributed by atoms with van der Waals surface area (Å²) in [5.41, 5.74) is 0. The van der Waals surface area contributed by atoms with Gasteiger partial charge in [0.2, 0.25) is 11.8 Å². The Bertz CT molecular complexity index is 705. The third kappa shape index (κ3) is 31.8. The number of carboxylic acids is 2. The van der Waals surface area contributed by atoms with Crippen LogP contribution in [-0.4, -0.2) is 96.1 Å². The topological polar surface area (TPSA) is 139 Å². The van der Waals surface area contributed by atoms with E-state index in [0.29, 0.717) is 13.1 Å². The highest BCUT2D eigenvalue weighted by Crippen LogP contribution is 2.12. The van der Waals surface area contributed by atoms with E-state index in [0.717, 1.165) is 38.5 Å². The SMILES string of the molecule is CCCCCCCCCCCCCNC(=O)CN(CCN(CC(=O)O)CC(=O)NCCCCCCCCCCCCC)CC(=O)O. The van der Waals surface area contributed by atoms with E-state index in [1.807, 2.05) is 0 Å². The van der Waals surface area contributed by atoms with E-state index in [2.05, 4.69) is 24.5 Å². The average molecular weight is 655 g/mol. The zero-order chi connectivity index (χ0) is 34.1. The molecule has 0 rings (SSSR count). The molecule has 0 radical (unpaired) electrons. The van der Waals surface area contributed by atoms with Crippen LogP contribution in [0.15, 0.2) is 0 Å². The summed E-state index contributed by atoms with van der Waals surface area (Å²) >= 11 is 0. The lowest BCUT2D eigenvalue weighted by Crippen LogP contribution is -2.46. The van der Waals surface area contributed by atoms with E-state index in [4.69, 9.17) is 0 Å². The Labute approximate surface area is 280 Å². The number of carbonyl (C=O) groups excluding carboxylic acids is 2. The van der Waals surface area contributed by atoms with Crippen LogP contribution >= 0.6 is 0 Å². The molecular formula is C36H70N4O6. The first-order chi connectivity index (χ1) is 22.3. The standard InChI is InChI=1S/C36H70N4O6/c1-3-5-7-9-11-13-15-17-19-21-23-25-37-33(41)29-39(31-35(43)44)27-28-40(32-36(45)46)30-34(42)38-26-24-22-20-18-16-14-12-10-8-6-4-2/h3-32H2,1-2H3,(H,37,41)(H,38,42)(H,43,44)(H,45,46). The van der Waals surface area contributed by atoms with Gasteiger partial charge in [0.1, 0.15) is 0 Å². The molecular weight excluding hydrogens is 584 g/mol. The van der Waals surface area contributed by atoms with Crippen LogP contribution in [0.5, 0.6) is 0 Å². The molecule has 0 spiro atoms. The normalized spacial score (nSPS) is 11.3. The molecule has 0 fully saturated rings. The minimum atomic E-state index is -1.06. The molecule has 0 aromatic rings. The highest BCUT2D eigenvalue weighted by Gasteiger charge is 2.18. The number of nitrogens with zero attached hydrogens (tertiary/aromatic N) is 2. The monoisotopic (exact) mass is 655 g/mol. The van der Waals surface area contributed by atoms with Gasteiger partial charge in [-0.25, -0.2) is 0 Å². The van der Waals surface area contributed by atoms with Gasteiger partial charge in [-0.2, -0.15) is 0 Å². The van der Waals surface area contributed by atoms with Gasteiger partial charge in [0, 0.05) is 26.2 Å². The Kier molecular flexibility index (Phi) is 31.2. The van der Waals surface area contributed by atoms with E-state index in [9.17, 15) is 29.4 Å². The van der Waals surface area contributed by atoms with Gasteiger partial charge in [-0.15, -0.1) is 0 Å². The van der Waals surface area contributed by atoms with Crippen LogP contribution in [-0.2, 0) is 19.2 Å². The van der Waals surface area contributed by atoms with Gasteiger partial charge >= 0.3 is 11.9 Å². The van der Waals surface area contributed by atoms with E-state index < -0.39 is 11.9 Å². The summed E-state index contributed by atoms with van der Waals surface area (Å²) in [6.07, 6.45) is 27.0. The summed E-state index contributed by atoms with van der Waals surface area (Å²) in [4.78, 5) is 50.8. The average Bonchev–Trinajstić information content (AvgIpc) is 3.00. The molecule has 0 heterocycles. The molecule has 4 N–H and O–H groups in total. The van der Waals surface area contributed by atoms with Crippen molar-refractivity contribution in [1.29, 1.82) is 0 Å². The van der Waals surface area contributed by atoms with Crippen LogP contribution in [0.1, 0.15) is 155 Å². The van der Waals surface area contributed by atoms with Gasteiger partial charge in [0.25, 0.3) is 0 Å². The van der Waals surface area contributed by atoms with Crippen molar-refractivity contribution in [3.63, 3.8) is 0 Å². The van der Waals surface area contributed by atoms with Crippen LogP contribution in [0.25, 0.3) is 0 Å². The summed E-state index contributed by atoms with van der Waals surface area (Å²) in [7, 11) is 0. The largest absolute Gasteiger partial charge is 0.480 e. The number of nitrogens with one attached hydrogen (secondary N) is 2. The van der Waals surface area contributed by atoms with Crippen molar-refractivity contribution < 1.29 is 29.4 Å². The molecule has 0 aliphatic rings. The highest BCUT2D eigenvalue weighted by atomic mass is 16.4. The molecule has 0 bridgehead atoms. The first-order valence-corrected chi connectivity index (χ1v) is 18.7. The third-order valence-corrected chi connectivity index (χ3v) is 8.39. The molecule has 0 aromatic heterocycles. The number of amides is 2. The minimum Gasteiger partial charge on any atom is -0.480 e. The number of rotatable bonds is 35. The minimum absolute atomic E-state index is 0.0870. The molecule has 0 aromatic carbocycles. The van der Waals surface area contributed by atoms with Crippen molar-refractivity contribution in [3.8, 4) is 0 Å². The lowest BCUT2D eigenvalue weighted by atomic mass is 10.1. The Morgan fingerprint density at radius 3 is 0.935 bits per heavy atom. The molecule has 46 heavy (non-hydrogen) atoms. The van der Waals surface area contributed by atoms with Crippen molar-refractivity contribution in [2.24, 2.45) is 0 Å². The molecule has 2 amide bonds. The maximum Gasteiger partial charge on any atom is 0.317 e. The number of aliphatic carboxylic acids is 2. The third-order valence-electron chi connectivity index (χ3n) is 8.39. The van der Waals surface area contributed by atoms with Gasteiger partial charge in [0.15, 0.2) is 0 Å². The molecule has 270 valence electrons. The second-order valence-corrected chi connectivity index (χ2v) is 13.0. The Morgan fingerprint density at radius 2 is 0.674 bits per heavy atom. The number of hydrogen-bond acceptors (Lipinski definition) is 6. The lowest BCUT2D eigenvalue weighted by molar-refractivity contribution is -0.141. The number of carboxylic acid groups (broad SMARTS) is 2. The van der Waals surface area contributed by atoms with E-state index in [-0.39, 0.29) is 51.1 Å². The van der Waals surface area contributed by atoms with Gasteiger partial charge in [-0.1, -0.05) is 142 Å². The van der Waals surface area contributed by atoms with Gasteiger partial charge in [-0.3, -0.25) is 29.0 Å². The molecule has 0 unspecified atom stereocenters. The predicted octanol–water partition coefficient (Wildman–Crippen LogP) is 6.61. The summed E-state index contributed by atoms with van der Waals surface area (Å²) in [5.74, 6) is -2.62. The molecule has 10 nitrogen and oxygen atoms in total. The van der Waals surface area contributed by atoms with Crippen molar-refractivity contribution in [2.75, 3.05) is 52.4 Å². The second-order valence-electron chi connectivity index (χ2n) is 13.0. The number of carbonyl (C=O) groups is 4. The molecule has 0 saturated carbocycles. The molecule has 10 heteroatoms. The van der Waals surface area contributed by atoms with Crippen LogP contribution < -0.4 is 10.6 Å². The maximum absolute atomic E-state index is 12.5. The lowest BCUT2D eigenvalue weighted by Gasteiger charge is -2.25. The Balaban J connectivity index is 4.23. The van der Waals surface area contributed by atoms with Gasteiger partial charge < -0.3 is 20.8 Å². The number of hydrogen-bond donors (Lipinski definition) is 4. The van der Waals surface area contributed by atoms with E-state index in [1.165, 1.54) is 113 Å². The van der Waals surface area contributed by atoms with Crippen molar-refractivity contribution in [3.05, 3.63) is 0 Å². The molecule has 0 aliphatic carbocycles. The maximum atomic E-state index is 12.5. The summed E-state index contributed by atoms with van der Waals surface area (Å²) in [5, 5.41) is 24.4. The first-order valence-electron chi connectivity index (χ1n) is 18.7. The summed E-state index contributed by atoms with van der Waals surface area (Å²) in [6.45, 7) is 5.06. The van der Waals surface area contributed by atoms with Crippen molar-refractivity contribution >= 4 is 23.8 Å². The fourth-order valence-corrected chi connectivity index (χ4v) is 5.65. The molecule has 0 atom stereocenters. The van der Waals surface area contributed by atoms with Crippen LogP contribution in [0.3, 0.4) is 0 Å². The fourth-order valence-electron chi connectivity index (χ4n) is 5.65. The predicted molar refractivity (Wildman–Crippen MR) is 187 cm³/mol. The van der Waals surface area contributed by atoms with Crippen LogP contribution in [0, 0.1) is 0 Å². The first kappa shape index (κ1) is 43.8. The van der Waals surface area contributed by atoms with Crippen LogP contribution in [0.4, 0.5) is 0 Å². The van der Waals surface area contributed by atoms with E-state index >= 15 is 0 Å². The molecule has 0 aliphatic heterocycles.